The predicted octanol–water partition coefficient (Wildman–Crippen LogP) is 3.42. The van der Waals surface area contributed by atoms with E-state index in [1.807, 2.05) is 59.5 Å². The summed E-state index contributed by atoms with van der Waals surface area (Å²) in [6, 6.07) is 11.1. The minimum absolute atomic E-state index is 0.0509. The van der Waals surface area contributed by atoms with Crippen LogP contribution < -0.4 is 5.32 Å². The molecule has 2 amide bonds. The van der Waals surface area contributed by atoms with E-state index in [1.54, 1.807) is 17.4 Å². The largest absolute Gasteiger partial charge is 0.348 e. The van der Waals surface area contributed by atoms with Crippen molar-refractivity contribution in [2.24, 2.45) is 0 Å². The van der Waals surface area contributed by atoms with E-state index in [-0.39, 0.29) is 17.9 Å². The first-order valence-corrected chi connectivity index (χ1v) is 10.2. The molecule has 3 heterocycles. The number of imidazole rings is 1. The molecule has 1 aliphatic heterocycles. The number of likely N-dealkylation sites (tertiary alicyclic amines) is 1. The van der Waals surface area contributed by atoms with E-state index < -0.39 is 6.04 Å². The molecule has 4 rings (SSSR count). The van der Waals surface area contributed by atoms with Gasteiger partial charge in [0.15, 0.2) is 0 Å². The summed E-state index contributed by atoms with van der Waals surface area (Å²) in [5.74, 6) is -0.140. The van der Waals surface area contributed by atoms with E-state index in [9.17, 15) is 9.59 Å². The molecule has 1 aliphatic rings. The standard InChI is InChI=1S/C21H22N4O2S/c1-15(16-6-8-17(9-7-16)24-12-10-22-14-24)23-20(26)18-4-2-11-25(18)21(27)19-5-3-13-28-19/h3,5-10,12-15,18H,2,4,11H2,1H3,(H,23,26)/t15-,18-/m0/s1. The van der Waals surface area contributed by atoms with Crippen molar-refractivity contribution in [1.29, 1.82) is 0 Å². The summed E-state index contributed by atoms with van der Waals surface area (Å²) in [4.78, 5) is 32.0. The van der Waals surface area contributed by atoms with Crippen LogP contribution >= 0.6 is 11.3 Å². The van der Waals surface area contributed by atoms with Gasteiger partial charge in [-0.25, -0.2) is 4.98 Å². The van der Waals surface area contributed by atoms with E-state index >= 15 is 0 Å². The van der Waals surface area contributed by atoms with Gasteiger partial charge < -0.3 is 14.8 Å². The van der Waals surface area contributed by atoms with Crippen LogP contribution in [0.4, 0.5) is 0 Å². The fourth-order valence-electron chi connectivity index (χ4n) is 3.56. The third-order valence-electron chi connectivity index (χ3n) is 5.10. The van der Waals surface area contributed by atoms with Gasteiger partial charge in [-0.2, -0.15) is 0 Å². The van der Waals surface area contributed by atoms with Gasteiger partial charge in [0.1, 0.15) is 6.04 Å². The van der Waals surface area contributed by atoms with Crippen LogP contribution in [0.1, 0.15) is 41.0 Å². The van der Waals surface area contributed by atoms with Crippen molar-refractivity contribution >= 4 is 23.2 Å². The molecule has 0 unspecified atom stereocenters. The molecule has 2 atom stereocenters. The first kappa shape index (κ1) is 18.4. The molecule has 3 aromatic rings. The average Bonchev–Trinajstić information content (AvgIpc) is 3.50. The first-order valence-electron chi connectivity index (χ1n) is 9.36. The van der Waals surface area contributed by atoms with Gasteiger partial charge in [-0.05, 0) is 48.9 Å². The molecule has 0 bridgehead atoms. The van der Waals surface area contributed by atoms with Crippen molar-refractivity contribution in [2.45, 2.75) is 31.8 Å². The summed E-state index contributed by atoms with van der Waals surface area (Å²) in [7, 11) is 0. The molecule has 1 saturated heterocycles. The quantitative estimate of drug-likeness (QED) is 0.721. The number of amides is 2. The van der Waals surface area contributed by atoms with Gasteiger partial charge in [0.2, 0.25) is 5.91 Å². The topological polar surface area (TPSA) is 67.2 Å². The lowest BCUT2D eigenvalue weighted by Crippen LogP contribution is -2.46. The number of hydrogen-bond acceptors (Lipinski definition) is 4. The van der Waals surface area contributed by atoms with E-state index in [1.165, 1.54) is 11.3 Å². The van der Waals surface area contributed by atoms with Crippen LogP contribution in [0.3, 0.4) is 0 Å². The third-order valence-corrected chi connectivity index (χ3v) is 5.96. The fraction of sp³-hybridized carbons (Fsp3) is 0.286. The maximum atomic E-state index is 12.9. The third kappa shape index (κ3) is 3.71. The van der Waals surface area contributed by atoms with E-state index in [4.69, 9.17) is 0 Å². The Balaban J connectivity index is 1.41. The Bertz CT molecular complexity index is 935. The molecule has 0 saturated carbocycles. The van der Waals surface area contributed by atoms with Gasteiger partial charge in [0, 0.05) is 24.6 Å². The zero-order chi connectivity index (χ0) is 19.5. The number of rotatable bonds is 5. The van der Waals surface area contributed by atoms with E-state index in [2.05, 4.69) is 10.3 Å². The second-order valence-electron chi connectivity index (χ2n) is 6.93. The lowest BCUT2D eigenvalue weighted by molar-refractivity contribution is -0.125. The van der Waals surface area contributed by atoms with Gasteiger partial charge in [0.05, 0.1) is 17.2 Å². The lowest BCUT2D eigenvalue weighted by atomic mass is 10.1. The zero-order valence-corrected chi connectivity index (χ0v) is 16.4. The second-order valence-corrected chi connectivity index (χ2v) is 7.87. The van der Waals surface area contributed by atoms with Crippen molar-refractivity contribution in [3.8, 4) is 5.69 Å². The molecule has 144 valence electrons. The normalized spacial score (nSPS) is 17.5. The summed E-state index contributed by atoms with van der Waals surface area (Å²) < 4.78 is 1.93. The first-order chi connectivity index (χ1) is 13.6. The van der Waals surface area contributed by atoms with Crippen LogP contribution in [0.25, 0.3) is 5.69 Å². The van der Waals surface area contributed by atoms with E-state index in [0.29, 0.717) is 17.8 Å². The molecular weight excluding hydrogens is 372 g/mol. The molecule has 2 aromatic heterocycles. The van der Waals surface area contributed by atoms with Gasteiger partial charge in [-0.15, -0.1) is 11.3 Å². The highest BCUT2D eigenvalue weighted by Crippen LogP contribution is 2.23. The zero-order valence-electron chi connectivity index (χ0n) is 15.6. The molecular formula is C21H22N4O2S. The summed E-state index contributed by atoms with van der Waals surface area (Å²) in [6.45, 7) is 2.59. The van der Waals surface area contributed by atoms with Crippen LogP contribution in [-0.4, -0.2) is 38.9 Å². The Morgan fingerprint density at radius 2 is 2.07 bits per heavy atom. The Morgan fingerprint density at radius 3 is 2.75 bits per heavy atom. The summed E-state index contributed by atoms with van der Waals surface area (Å²) in [5, 5.41) is 4.96. The average molecular weight is 395 g/mol. The minimum Gasteiger partial charge on any atom is -0.348 e. The molecule has 6 nitrogen and oxygen atoms in total. The number of aromatic nitrogens is 2. The number of nitrogens with one attached hydrogen (secondary N) is 1. The maximum Gasteiger partial charge on any atom is 0.264 e. The predicted molar refractivity (Wildman–Crippen MR) is 108 cm³/mol. The van der Waals surface area contributed by atoms with Crippen molar-refractivity contribution < 1.29 is 9.59 Å². The number of hydrogen-bond donors (Lipinski definition) is 1. The van der Waals surface area contributed by atoms with Crippen LogP contribution in [0.5, 0.6) is 0 Å². The highest BCUT2D eigenvalue weighted by Gasteiger charge is 2.35. The maximum absolute atomic E-state index is 12.9. The van der Waals surface area contributed by atoms with Gasteiger partial charge in [-0.1, -0.05) is 18.2 Å². The minimum atomic E-state index is -0.401. The number of thiophene rings is 1. The molecule has 1 N–H and O–H groups in total. The van der Waals surface area contributed by atoms with Gasteiger partial charge >= 0.3 is 0 Å². The number of carbonyl (C=O) groups excluding carboxylic acids is 2. The molecule has 7 heteroatoms. The van der Waals surface area contributed by atoms with Gasteiger partial charge in [0.25, 0.3) is 5.91 Å². The van der Waals surface area contributed by atoms with Crippen molar-refractivity contribution in [3.63, 3.8) is 0 Å². The lowest BCUT2D eigenvalue weighted by Gasteiger charge is -2.25. The molecule has 1 fully saturated rings. The fourth-order valence-corrected chi connectivity index (χ4v) is 4.24. The molecule has 28 heavy (non-hydrogen) atoms. The summed E-state index contributed by atoms with van der Waals surface area (Å²) in [6.07, 6.45) is 6.93. The Hall–Kier alpha value is -2.93. The Labute approximate surface area is 167 Å². The molecule has 0 aliphatic carbocycles. The highest BCUT2D eigenvalue weighted by atomic mass is 32.1. The second kappa shape index (κ2) is 7.98. The number of carbonyl (C=O) groups is 2. The van der Waals surface area contributed by atoms with Crippen molar-refractivity contribution in [3.05, 3.63) is 70.9 Å². The van der Waals surface area contributed by atoms with Crippen molar-refractivity contribution in [2.75, 3.05) is 6.54 Å². The van der Waals surface area contributed by atoms with Crippen LogP contribution in [0.2, 0.25) is 0 Å². The molecule has 0 spiro atoms. The highest BCUT2D eigenvalue weighted by molar-refractivity contribution is 7.12. The smallest absolute Gasteiger partial charge is 0.264 e. The summed E-state index contributed by atoms with van der Waals surface area (Å²) >= 11 is 1.41. The number of benzene rings is 1. The number of nitrogens with zero attached hydrogens (tertiary/aromatic N) is 3. The summed E-state index contributed by atoms with van der Waals surface area (Å²) in [5.41, 5.74) is 2.04. The van der Waals surface area contributed by atoms with Crippen molar-refractivity contribution in [1.82, 2.24) is 19.8 Å². The Morgan fingerprint density at radius 1 is 1.25 bits per heavy atom. The molecule has 0 radical (unpaired) electrons. The molecule has 1 aromatic carbocycles. The monoisotopic (exact) mass is 394 g/mol. The Kier molecular flexibility index (Phi) is 5.25. The van der Waals surface area contributed by atoms with E-state index in [0.717, 1.165) is 17.7 Å². The SMILES string of the molecule is C[C@H](NC(=O)[C@@H]1CCCN1C(=O)c1cccs1)c1ccc(-n2ccnc2)cc1. The van der Waals surface area contributed by atoms with Crippen LogP contribution in [-0.2, 0) is 4.79 Å². The van der Waals surface area contributed by atoms with Crippen LogP contribution in [0, 0.1) is 0 Å². The van der Waals surface area contributed by atoms with Gasteiger partial charge in [-0.3, -0.25) is 9.59 Å². The van der Waals surface area contributed by atoms with Crippen LogP contribution in [0.15, 0.2) is 60.5 Å².